The molecule has 0 amide bonds. The first-order valence-electron chi connectivity index (χ1n) is 6.65. The molecular formula is C16H18N2O2. The molecule has 0 aliphatic carbocycles. The van der Waals surface area contributed by atoms with Crippen LogP contribution < -0.4 is 5.32 Å². The van der Waals surface area contributed by atoms with Gasteiger partial charge in [0, 0.05) is 12.2 Å². The van der Waals surface area contributed by atoms with Gasteiger partial charge in [-0.2, -0.15) is 0 Å². The third-order valence-corrected chi connectivity index (χ3v) is 3.13. The van der Waals surface area contributed by atoms with Crippen molar-refractivity contribution < 1.29 is 9.90 Å². The lowest BCUT2D eigenvalue weighted by atomic mass is 10.1. The summed E-state index contributed by atoms with van der Waals surface area (Å²) in [6.45, 7) is 2.03. The number of hydrogen-bond acceptors (Lipinski definition) is 3. The number of aromatic nitrogens is 1. The van der Waals surface area contributed by atoms with Gasteiger partial charge in [-0.15, -0.1) is 0 Å². The molecule has 0 radical (unpaired) electrons. The van der Waals surface area contributed by atoms with Crippen molar-refractivity contribution >= 4 is 11.8 Å². The van der Waals surface area contributed by atoms with Crippen molar-refractivity contribution in [2.45, 2.75) is 25.8 Å². The van der Waals surface area contributed by atoms with Crippen molar-refractivity contribution in [1.82, 2.24) is 4.98 Å². The molecule has 104 valence electrons. The van der Waals surface area contributed by atoms with Crippen LogP contribution in [-0.4, -0.2) is 22.1 Å². The number of carboxylic acid groups (broad SMARTS) is 1. The van der Waals surface area contributed by atoms with Crippen molar-refractivity contribution in [3.63, 3.8) is 0 Å². The highest BCUT2D eigenvalue weighted by atomic mass is 16.4. The molecule has 20 heavy (non-hydrogen) atoms. The van der Waals surface area contributed by atoms with E-state index in [0.717, 1.165) is 12.8 Å². The van der Waals surface area contributed by atoms with Gasteiger partial charge in [0.05, 0.1) is 0 Å². The van der Waals surface area contributed by atoms with E-state index in [-0.39, 0.29) is 11.6 Å². The Morgan fingerprint density at radius 1 is 1.25 bits per heavy atom. The second kappa shape index (κ2) is 6.70. The van der Waals surface area contributed by atoms with E-state index in [9.17, 15) is 4.79 Å². The fourth-order valence-electron chi connectivity index (χ4n) is 2.03. The highest BCUT2D eigenvalue weighted by Crippen LogP contribution is 2.14. The van der Waals surface area contributed by atoms with E-state index < -0.39 is 5.97 Å². The van der Waals surface area contributed by atoms with Crippen LogP contribution in [0.2, 0.25) is 0 Å². The fourth-order valence-corrected chi connectivity index (χ4v) is 2.03. The molecule has 0 saturated carbocycles. The average Bonchev–Trinajstić information content (AvgIpc) is 2.46. The SMILES string of the molecule is CC(CCc1ccccc1)Nc1ncccc1C(=O)O. The molecule has 1 aromatic heterocycles. The summed E-state index contributed by atoms with van der Waals surface area (Å²) in [4.78, 5) is 15.2. The minimum Gasteiger partial charge on any atom is -0.478 e. The van der Waals surface area contributed by atoms with Crippen molar-refractivity contribution in [1.29, 1.82) is 0 Å². The Hall–Kier alpha value is -2.36. The van der Waals surface area contributed by atoms with E-state index >= 15 is 0 Å². The second-order valence-electron chi connectivity index (χ2n) is 4.77. The molecule has 2 N–H and O–H groups in total. The van der Waals surface area contributed by atoms with Crippen LogP contribution in [0.1, 0.15) is 29.3 Å². The molecule has 1 heterocycles. The molecule has 1 aromatic carbocycles. The number of hydrogen-bond donors (Lipinski definition) is 2. The van der Waals surface area contributed by atoms with Gasteiger partial charge in [0.2, 0.25) is 0 Å². The van der Waals surface area contributed by atoms with E-state index in [1.807, 2.05) is 25.1 Å². The van der Waals surface area contributed by atoms with Crippen LogP contribution in [0.15, 0.2) is 48.7 Å². The first-order chi connectivity index (χ1) is 9.66. The average molecular weight is 270 g/mol. The van der Waals surface area contributed by atoms with E-state index in [1.165, 1.54) is 5.56 Å². The van der Waals surface area contributed by atoms with Crippen LogP contribution >= 0.6 is 0 Å². The van der Waals surface area contributed by atoms with Gasteiger partial charge >= 0.3 is 5.97 Å². The van der Waals surface area contributed by atoms with Crippen LogP contribution in [0.5, 0.6) is 0 Å². The molecule has 4 nitrogen and oxygen atoms in total. The zero-order valence-electron chi connectivity index (χ0n) is 11.4. The van der Waals surface area contributed by atoms with Gasteiger partial charge in [-0.3, -0.25) is 0 Å². The lowest BCUT2D eigenvalue weighted by Gasteiger charge is -2.15. The second-order valence-corrected chi connectivity index (χ2v) is 4.77. The lowest BCUT2D eigenvalue weighted by Crippen LogP contribution is -2.19. The molecule has 0 spiro atoms. The Kier molecular flexibility index (Phi) is 4.71. The molecule has 0 bridgehead atoms. The first kappa shape index (κ1) is 14.1. The van der Waals surface area contributed by atoms with Crippen molar-refractivity contribution in [2.75, 3.05) is 5.32 Å². The summed E-state index contributed by atoms with van der Waals surface area (Å²) in [7, 11) is 0. The van der Waals surface area contributed by atoms with Gasteiger partial charge in [-0.1, -0.05) is 30.3 Å². The number of carbonyl (C=O) groups is 1. The van der Waals surface area contributed by atoms with E-state index in [1.54, 1.807) is 18.3 Å². The third-order valence-electron chi connectivity index (χ3n) is 3.13. The number of nitrogens with one attached hydrogen (secondary N) is 1. The zero-order chi connectivity index (χ0) is 14.4. The maximum Gasteiger partial charge on any atom is 0.339 e. The van der Waals surface area contributed by atoms with Crippen molar-refractivity contribution in [3.05, 3.63) is 59.8 Å². The van der Waals surface area contributed by atoms with Gasteiger partial charge in [0.15, 0.2) is 0 Å². The Bertz CT molecular complexity index is 570. The van der Waals surface area contributed by atoms with Crippen molar-refractivity contribution in [3.8, 4) is 0 Å². The largest absolute Gasteiger partial charge is 0.478 e. The number of rotatable bonds is 6. The van der Waals surface area contributed by atoms with Gasteiger partial charge in [0.1, 0.15) is 11.4 Å². The summed E-state index contributed by atoms with van der Waals surface area (Å²) in [6.07, 6.45) is 3.46. The normalized spacial score (nSPS) is 11.8. The Morgan fingerprint density at radius 2 is 2.00 bits per heavy atom. The highest BCUT2D eigenvalue weighted by Gasteiger charge is 2.12. The number of nitrogens with zero attached hydrogens (tertiary/aromatic N) is 1. The summed E-state index contributed by atoms with van der Waals surface area (Å²) >= 11 is 0. The molecule has 2 rings (SSSR count). The van der Waals surface area contributed by atoms with Crippen LogP contribution in [0.4, 0.5) is 5.82 Å². The standard InChI is InChI=1S/C16H18N2O2/c1-12(9-10-13-6-3-2-4-7-13)18-15-14(16(19)20)8-5-11-17-15/h2-8,11-12H,9-10H2,1H3,(H,17,18)(H,19,20). The first-order valence-corrected chi connectivity index (χ1v) is 6.65. The summed E-state index contributed by atoms with van der Waals surface area (Å²) in [5.74, 6) is -0.531. The number of aromatic carboxylic acids is 1. The predicted molar refractivity (Wildman–Crippen MR) is 79.0 cm³/mol. The monoisotopic (exact) mass is 270 g/mol. The van der Waals surface area contributed by atoms with E-state index in [0.29, 0.717) is 5.82 Å². The van der Waals surface area contributed by atoms with Gasteiger partial charge in [-0.25, -0.2) is 9.78 Å². The molecule has 0 aliphatic rings. The summed E-state index contributed by atoms with van der Waals surface area (Å²) in [5.41, 5.74) is 1.49. The van der Waals surface area contributed by atoms with E-state index in [2.05, 4.69) is 22.4 Å². The number of carboxylic acids is 1. The zero-order valence-corrected chi connectivity index (χ0v) is 11.4. The van der Waals surface area contributed by atoms with Crippen LogP contribution in [-0.2, 0) is 6.42 Å². The summed E-state index contributed by atoms with van der Waals surface area (Å²) < 4.78 is 0. The summed E-state index contributed by atoms with van der Waals surface area (Å²) in [6, 6.07) is 13.6. The number of pyridine rings is 1. The molecule has 0 saturated heterocycles. The number of benzene rings is 1. The lowest BCUT2D eigenvalue weighted by molar-refractivity contribution is 0.0697. The minimum absolute atomic E-state index is 0.156. The Morgan fingerprint density at radius 3 is 2.70 bits per heavy atom. The van der Waals surface area contributed by atoms with Crippen LogP contribution in [0.25, 0.3) is 0 Å². The predicted octanol–water partition coefficient (Wildman–Crippen LogP) is 3.21. The molecule has 1 atom stereocenters. The molecular weight excluding hydrogens is 252 g/mol. The fraction of sp³-hybridized carbons (Fsp3) is 0.250. The van der Waals surface area contributed by atoms with Crippen LogP contribution in [0.3, 0.4) is 0 Å². The highest BCUT2D eigenvalue weighted by molar-refractivity contribution is 5.93. The van der Waals surface area contributed by atoms with Crippen LogP contribution in [0, 0.1) is 0 Å². The van der Waals surface area contributed by atoms with Gasteiger partial charge < -0.3 is 10.4 Å². The van der Waals surface area contributed by atoms with E-state index in [4.69, 9.17) is 5.11 Å². The maximum absolute atomic E-state index is 11.1. The van der Waals surface area contributed by atoms with Crippen molar-refractivity contribution in [2.24, 2.45) is 0 Å². The minimum atomic E-state index is -0.962. The molecule has 4 heteroatoms. The molecule has 0 fully saturated rings. The molecule has 0 aliphatic heterocycles. The number of anilines is 1. The Labute approximate surface area is 118 Å². The third kappa shape index (κ3) is 3.82. The molecule has 2 aromatic rings. The summed E-state index contributed by atoms with van der Waals surface area (Å²) in [5, 5.41) is 12.3. The molecule has 1 unspecified atom stereocenters. The topological polar surface area (TPSA) is 62.2 Å². The number of aryl methyl sites for hydroxylation is 1. The Balaban J connectivity index is 1.95. The quantitative estimate of drug-likeness (QED) is 0.846. The van der Waals surface area contributed by atoms with Gasteiger partial charge in [0.25, 0.3) is 0 Å². The smallest absolute Gasteiger partial charge is 0.339 e. The van der Waals surface area contributed by atoms with Gasteiger partial charge in [-0.05, 0) is 37.5 Å². The maximum atomic E-state index is 11.1.